The van der Waals surface area contributed by atoms with Crippen molar-refractivity contribution in [1.29, 1.82) is 0 Å². The van der Waals surface area contributed by atoms with E-state index in [1.54, 1.807) is 36.0 Å². The summed E-state index contributed by atoms with van der Waals surface area (Å²) in [4.78, 5) is 34.3. The Bertz CT molecular complexity index is 1090. The highest BCUT2D eigenvalue weighted by Crippen LogP contribution is 2.40. The molecule has 6 nitrogen and oxygen atoms in total. The molecule has 0 bridgehead atoms. The number of rotatable bonds is 6. The number of benzene rings is 1. The molecule has 3 heterocycles. The van der Waals surface area contributed by atoms with E-state index in [0.29, 0.717) is 4.88 Å². The third-order valence-corrected chi connectivity index (χ3v) is 5.96. The molecule has 30 heavy (non-hydrogen) atoms. The van der Waals surface area contributed by atoms with E-state index in [0.717, 1.165) is 16.8 Å². The van der Waals surface area contributed by atoms with E-state index >= 15 is 0 Å². The summed E-state index contributed by atoms with van der Waals surface area (Å²) in [6.07, 6.45) is 3.34. The number of Topliss-reactive ketones (excluding diaryl/α,β-unsaturated/α-hetero) is 1. The van der Waals surface area contributed by atoms with Gasteiger partial charge in [-0.1, -0.05) is 24.3 Å². The summed E-state index contributed by atoms with van der Waals surface area (Å²) in [5.74, 6) is -1.37. The third kappa shape index (κ3) is 3.59. The lowest BCUT2D eigenvalue weighted by molar-refractivity contribution is -0.130. The van der Waals surface area contributed by atoms with Gasteiger partial charge in [0.25, 0.3) is 5.91 Å². The van der Waals surface area contributed by atoms with Crippen LogP contribution in [0.2, 0.25) is 0 Å². The topological polar surface area (TPSA) is 73.7 Å². The molecule has 1 unspecified atom stereocenters. The quantitative estimate of drug-likeness (QED) is 0.612. The number of aromatic nitrogens is 1. The van der Waals surface area contributed by atoms with Gasteiger partial charge in [-0.3, -0.25) is 14.6 Å². The summed E-state index contributed by atoms with van der Waals surface area (Å²) in [6, 6.07) is 14.1. The second-order valence-corrected chi connectivity index (χ2v) is 8.20. The predicted octanol–water partition coefficient (Wildman–Crippen LogP) is 3.99. The molecule has 7 heteroatoms. The molecule has 2 aromatic heterocycles. The Kier molecular flexibility index (Phi) is 5.37. The van der Waals surface area contributed by atoms with Crippen LogP contribution in [0.3, 0.4) is 0 Å². The number of nitrogens with zero attached hydrogens (tertiary/aromatic N) is 3. The fourth-order valence-corrected chi connectivity index (χ4v) is 4.26. The van der Waals surface area contributed by atoms with E-state index in [-0.39, 0.29) is 17.9 Å². The SMILES string of the molecule is CN(C)c1ccc(C2C(C(=O)c3cccs3)=C(O)C(=O)N2Cc2cccnc2)cc1. The average molecular weight is 420 g/mol. The van der Waals surface area contributed by atoms with E-state index < -0.39 is 17.7 Å². The molecule has 1 N–H and O–H groups in total. The first-order valence-corrected chi connectivity index (χ1v) is 10.3. The number of thiophene rings is 1. The van der Waals surface area contributed by atoms with Crippen molar-refractivity contribution in [3.63, 3.8) is 0 Å². The first-order chi connectivity index (χ1) is 14.5. The lowest BCUT2D eigenvalue weighted by Gasteiger charge is -2.27. The molecule has 1 amide bonds. The van der Waals surface area contributed by atoms with Gasteiger partial charge in [0.2, 0.25) is 5.78 Å². The third-order valence-electron chi connectivity index (χ3n) is 5.09. The Morgan fingerprint density at radius 3 is 2.53 bits per heavy atom. The van der Waals surface area contributed by atoms with Crippen molar-refractivity contribution in [2.45, 2.75) is 12.6 Å². The van der Waals surface area contributed by atoms with Crippen LogP contribution >= 0.6 is 11.3 Å². The minimum atomic E-state index is -0.677. The molecule has 0 saturated carbocycles. The normalized spacial score (nSPS) is 16.3. The zero-order valence-electron chi connectivity index (χ0n) is 16.6. The Morgan fingerprint density at radius 1 is 1.17 bits per heavy atom. The minimum absolute atomic E-state index is 0.115. The molecule has 1 aliphatic rings. The summed E-state index contributed by atoms with van der Waals surface area (Å²) < 4.78 is 0. The first kappa shape index (κ1) is 19.8. The molecular formula is C23H21N3O3S. The maximum atomic E-state index is 13.2. The summed E-state index contributed by atoms with van der Waals surface area (Å²) in [7, 11) is 3.89. The molecular weight excluding hydrogens is 398 g/mol. The van der Waals surface area contributed by atoms with Crippen molar-refractivity contribution in [2.75, 3.05) is 19.0 Å². The number of anilines is 1. The van der Waals surface area contributed by atoms with Crippen LogP contribution in [0, 0.1) is 0 Å². The van der Waals surface area contributed by atoms with Crippen molar-refractivity contribution >= 4 is 28.7 Å². The highest BCUT2D eigenvalue weighted by atomic mass is 32.1. The average Bonchev–Trinajstić information content (AvgIpc) is 3.37. The molecule has 1 aliphatic heterocycles. The summed E-state index contributed by atoms with van der Waals surface area (Å²) >= 11 is 1.29. The van der Waals surface area contributed by atoms with Crippen LogP contribution in [0.25, 0.3) is 0 Å². The Morgan fingerprint density at radius 2 is 1.93 bits per heavy atom. The lowest BCUT2D eigenvalue weighted by Crippen LogP contribution is -2.30. The van der Waals surface area contributed by atoms with E-state index in [9.17, 15) is 14.7 Å². The van der Waals surface area contributed by atoms with Crippen LogP contribution in [0.15, 0.2) is 77.6 Å². The van der Waals surface area contributed by atoms with E-state index in [4.69, 9.17) is 0 Å². The second kappa shape index (κ2) is 8.12. The molecule has 152 valence electrons. The summed E-state index contributed by atoms with van der Waals surface area (Å²) in [6.45, 7) is 0.234. The van der Waals surface area contributed by atoms with Crippen molar-refractivity contribution in [3.05, 3.63) is 93.6 Å². The number of hydrogen-bond acceptors (Lipinski definition) is 6. The molecule has 0 saturated heterocycles. The molecule has 4 rings (SSSR count). The first-order valence-electron chi connectivity index (χ1n) is 9.46. The molecule has 1 atom stereocenters. The van der Waals surface area contributed by atoms with Gasteiger partial charge in [0.05, 0.1) is 16.5 Å². The van der Waals surface area contributed by atoms with Crippen LogP contribution in [-0.4, -0.2) is 40.8 Å². The largest absolute Gasteiger partial charge is 0.503 e. The van der Waals surface area contributed by atoms with Crippen molar-refractivity contribution < 1.29 is 14.7 Å². The van der Waals surface area contributed by atoms with Gasteiger partial charge in [-0.25, -0.2) is 0 Å². The number of pyridine rings is 1. The van der Waals surface area contributed by atoms with Gasteiger partial charge in [-0.2, -0.15) is 0 Å². The van der Waals surface area contributed by atoms with Crippen LogP contribution in [0.1, 0.15) is 26.8 Å². The van der Waals surface area contributed by atoms with E-state index in [1.807, 2.05) is 49.3 Å². The molecule has 1 aromatic carbocycles. The molecule has 0 radical (unpaired) electrons. The van der Waals surface area contributed by atoms with Gasteiger partial charge < -0.3 is 14.9 Å². The molecule has 3 aromatic rings. The van der Waals surface area contributed by atoms with Crippen LogP contribution in [-0.2, 0) is 11.3 Å². The van der Waals surface area contributed by atoms with Gasteiger partial charge in [0.1, 0.15) is 0 Å². The van der Waals surface area contributed by atoms with Gasteiger partial charge in [0, 0.05) is 38.7 Å². The lowest BCUT2D eigenvalue weighted by atomic mass is 9.95. The highest BCUT2D eigenvalue weighted by Gasteiger charge is 2.43. The van der Waals surface area contributed by atoms with Gasteiger partial charge >= 0.3 is 0 Å². The number of carbonyl (C=O) groups is 2. The molecule has 0 fully saturated rings. The Balaban J connectivity index is 1.78. The summed E-state index contributed by atoms with van der Waals surface area (Å²) in [5.41, 5.74) is 2.70. The Hall–Kier alpha value is -3.45. The monoisotopic (exact) mass is 419 g/mol. The van der Waals surface area contributed by atoms with Gasteiger partial charge in [-0.05, 0) is 40.8 Å². The van der Waals surface area contributed by atoms with Crippen LogP contribution in [0.4, 0.5) is 5.69 Å². The Labute approximate surface area is 178 Å². The number of aliphatic hydroxyl groups is 1. The number of hydrogen-bond donors (Lipinski definition) is 1. The van der Waals surface area contributed by atoms with Crippen molar-refractivity contribution in [2.24, 2.45) is 0 Å². The number of ketones is 1. The standard InChI is InChI=1S/C23H21N3O3S/c1-25(2)17-9-7-16(8-10-17)20-19(21(27)18-6-4-12-30-18)22(28)23(29)26(20)14-15-5-3-11-24-13-15/h3-13,20,28H,14H2,1-2H3. The zero-order valence-corrected chi connectivity index (χ0v) is 17.5. The smallest absolute Gasteiger partial charge is 0.290 e. The maximum absolute atomic E-state index is 13.2. The fourth-order valence-electron chi connectivity index (χ4n) is 3.58. The van der Waals surface area contributed by atoms with Crippen molar-refractivity contribution in [3.8, 4) is 0 Å². The molecule has 0 aliphatic carbocycles. The van der Waals surface area contributed by atoms with Crippen molar-refractivity contribution in [1.82, 2.24) is 9.88 Å². The van der Waals surface area contributed by atoms with E-state index in [1.165, 1.54) is 16.2 Å². The zero-order chi connectivity index (χ0) is 21.3. The van der Waals surface area contributed by atoms with Crippen LogP contribution in [0.5, 0.6) is 0 Å². The molecule has 0 spiro atoms. The number of aliphatic hydroxyl groups excluding tert-OH is 1. The summed E-state index contributed by atoms with van der Waals surface area (Å²) in [5, 5.41) is 12.5. The number of amides is 1. The van der Waals surface area contributed by atoms with Crippen LogP contribution < -0.4 is 4.90 Å². The second-order valence-electron chi connectivity index (χ2n) is 7.25. The highest BCUT2D eigenvalue weighted by molar-refractivity contribution is 7.12. The van der Waals surface area contributed by atoms with Gasteiger partial charge in [0.15, 0.2) is 5.76 Å². The minimum Gasteiger partial charge on any atom is -0.503 e. The number of carbonyl (C=O) groups excluding carboxylic acids is 2. The predicted molar refractivity (Wildman–Crippen MR) is 117 cm³/mol. The maximum Gasteiger partial charge on any atom is 0.290 e. The fraction of sp³-hybridized carbons (Fsp3) is 0.174. The van der Waals surface area contributed by atoms with E-state index in [2.05, 4.69) is 4.98 Å². The van der Waals surface area contributed by atoms with Gasteiger partial charge in [-0.15, -0.1) is 11.3 Å².